The molecule has 5 N–H and O–H groups in total. The lowest BCUT2D eigenvalue weighted by atomic mass is 9.88. The molecule has 0 aromatic rings. The maximum Gasteiger partial charge on any atom is 0.108 e. The molecule has 1 rings (SSSR count). The molecule has 0 amide bonds. The average Bonchev–Trinajstić information content (AvgIpc) is 2.14. The molecule has 1 heterocycles. The molecule has 0 radical (unpaired) electrons. The van der Waals surface area contributed by atoms with Gasteiger partial charge in [-0.3, -0.25) is 0 Å². The minimum Gasteiger partial charge on any atom is -0.394 e. The standard InChI is InChI=1S/C9H19NO4/c1-4(2)9-8(13)6(10)7(12)5(3-11)14-9/h4-9,11-13H,3,10H2,1-2H3/t5?,6-,7+,8?,9-/m0/s1. The molecule has 2 unspecified atom stereocenters. The van der Waals surface area contributed by atoms with Crippen LogP contribution in [0.2, 0.25) is 0 Å². The van der Waals surface area contributed by atoms with Gasteiger partial charge in [0.15, 0.2) is 0 Å². The molecule has 14 heavy (non-hydrogen) atoms. The Morgan fingerprint density at radius 1 is 1.29 bits per heavy atom. The lowest BCUT2D eigenvalue weighted by Gasteiger charge is -2.42. The highest BCUT2D eigenvalue weighted by atomic mass is 16.5. The fraction of sp³-hybridized carbons (Fsp3) is 1.00. The van der Waals surface area contributed by atoms with Crippen molar-refractivity contribution in [3.05, 3.63) is 0 Å². The molecule has 1 aliphatic heterocycles. The molecule has 0 spiro atoms. The molecule has 0 saturated carbocycles. The molecular weight excluding hydrogens is 186 g/mol. The zero-order valence-corrected chi connectivity index (χ0v) is 8.50. The first-order chi connectivity index (χ1) is 6.49. The molecule has 0 aromatic carbocycles. The van der Waals surface area contributed by atoms with Crippen LogP contribution in [-0.2, 0) is 4.74 Å². The third-order valence-corrected chi connectivity index (χ3v) is 2.68. The second-order valence-electron chi connectivity index (χ2n) is 4.12. The van der Waals surface area contributed by atoms with Gasteiger partial charge in [-0.25, -0.2) is 0 Å². The minimum absolute atomic E-state index is 0.0950. The van der Waals surface area contributed by atoms with Crippen LogP contribution in [-0.4, -0.2) is 52.4 Å². The summed E-state index contributed by atoms with van der Waals surface area (Å²) in [5, 5.41) is 28.2. The fourth-order valence-corrected chi connectivity index (χ4v) is 1.73. The maximum atomic E-state index is 9.70. The predicted molar refractivity (Wildman–Crippen MR) is 50.6 cm³/mol. The summed E-state index contributed by atoms with van der Waals surface area (Å²) in [5.41, 5.74) is 5.62. The van der Waals surface area contributed by atoms with Crippen molar-refractivity contribution in [3.63, 3.8) is 0 Å². The lowest BCUT2D eigenvalue weighted by Crippen LogP contribution is -2.63. The van der Waals surface area contributed by atoms with Crippen LogP contribution < -0.4 is 5.73 Å². The number of rotatable bonds is 2. The molecule has 5 atom stereocenters. The highest BCUT2D eigenvalue weighted by Gasteiger charge is 2.43. The van der Waals surface area contributed by atoms with E-state index in [1.807, 2.05) is 13.8 Å². The number of nitrogens with two attached hydrogens (primary N) is 1. The number of aliphatic hydroxyl groups is 3. The average molecular weight is 205 g/mol. The van der Waals surface area contributed by atoms with Gasteiger partial charge < -0.3 is 25.8 Å². The molecule has 0 aliphatic carbocycles. The Hall–Kier alpha value is -0.200. The van der Waals surface area contributed by atoms with E-state index >= 15 is 0 Å². The van der Waals surface area contributed by atoms with Crippen molar-refractivity contribution in [2.75, 3.05) is 6.61 Å². The van der Waals surface area contributed by atoms with E-state index in [1.54, 1.807) is 0 Å². The van der Waals surface area contributed by atoms with E-state index in [9.17, 15) is 10.2 Å². The molecule has 1 fully saturated rings. The van der Waals surface area contributed by atoms with Gasteiger partial charge in [-0.05, 0) is 5.92 Å². The molecule has 5 heteroatoms. The number of hydrogen-bond donors (Lipinski definition) is 4. The van der Waals surface area contributed by atoms with Gasteiger partial charge in [0.1, 0.15) is 12.2 Å². The smallest absolute Gasteiger partial charge is 0.108 e. The van der Waals surface area contributed by atoms with Crippen molar-refractivity contribution >= 4 is 0 Å². The molecule has 84 valence electrons. The van der Waals surface area contributed by atoms with Gasteiger partial charge in [-0.1, -0.05) is 13.8 Å². The summed E-state index contributed by atoms with van der Waals surface area (Å²) in [6.07, 6.45) is -3.01. The molecule has 0 bridgehead atoms. The summed E-state index contributed by atoms with van der Waals surface area (Å²) in [7, 11) is 0. The molecule has 0 aromatic heterocycles. The van der Waals surface area contributed by atoms with E-state index in [0.717, 1.165) is 0 Å². The minimum atomic E-state index is -1.01. The number of aliphatic hydroxyl groups excluding tert-OH is 3. The van der Waals surface area contributed by atoms with Gasteiger partial charge in [-0.2, -0.15) is 0 Å². The summed E-state index contributed by atoms with van der Waals surface area (Å²) >= 11 is 0. The van der Waals surface area contributed by atoms with E-state index < -0.39 is 30.5 Å². The Morgan fingerprint density at radius 2 is 1.86 bits per heavy atom. The third-order valence-electron chi connectivity index (χ3n) is 2.68. The molecular formula is C9H19NO4. The summed E-state index contributed by atoms with van der Waals surface area (Å²) in [6.45, 7) is 3.50. The monoisotopic (exact) mass is 205 g/mol. The van der Waals surface area contributed by atoms with E-state index in [-0.39, 0.29) is 12.5 Å². The molecule has 5 nitrogen and oxygen atoms in total. The molecule has 1 aliphatic rings. The third kappa shape index (κ3) is 2.07. The van der Waals surface area contributed by atoms with Crippen molar-refractivity contribution in [2.24, 2.45) is 11.7 Å². The largest absolute Gasteiger partial charge is 0.394 e. The fourth-order valence-electron chi connectivity index (χ4n) is 1.73. The second-order valence-corrected chi connectivity index (χ2v) is 4.12. The van der Waals surface area contributed by atoms with E-state index in [2.05, 4.69) is 0 Å². The van der Waals surface area contributed by atoms with E-state index in [0.29, 0.717) is 0 Å². The van der Waals surface area contributed by atoms with Crippen LogP contribution >= 0.6 is 0 Å². The van der Waals surface area contributed by atoms with Crippen LogP contribution in [0, 0.1) is 5.92 Å². The first-order valence-electron chi connectivity index (χ1n) is 4.87. The SMILES string of the molecule is CC(C)[C@@H]1OC(CO)[C@@H](O)[C@H](N)C1O. The van der Waals surface area contributed by atoms with E-state index in [1.165, 1.54) is 0 Å². The van der Waals surface area contributed by atoms with Crippen LogP contribution in [0.1, 0.15) is 13.8 Å². The van der Waals surface area contributed by atoms with Crippen LogP contribution in [0.3, 0.4) is 0 Å². The summed E-state index contributed by atoms with van der Waals surface area (Å²) < 4.78 is 5.36. The highest BCUT2D eigenvalue weighted by molar-refractivity contribution is 4.95. The van der Waals surface area contributed by atoms with Gasteiger partial charge >= 0.3 is 0 Å². The summed E-state index contributed by atoms with van der Waals surface area (Å²) in [5.74, 6) is 0.0950. The first kappa shape index (κ1) is 11.9. The topological polar surface area (TPSA) is 95.9 Å². The summed E-state index contributed by atoms with van der Waals surface area (Å²) in [4.78, 5) is 0. The van der Waals surface area contributed by atoms with Gasteiger partial charge in [0.25, 0.3) is 0 Å². The van der Waals surface area contributed by atoms with E-state index in [4.69, 9.17) is 15.6 Å². The van der Waals surface area contributed by atoms with Gasteiger partial charge in [-0.15, -0.1) is 0 Å². The van der Waals surface area contributed by atoms with Crippen molar-refractivity contribution in [1.29, 1.82) is 0 Å². The predicted octanol–water partition coefficient (Wildman–Crippen LogP) is -1.55. The molecule has 1 saturated heterocycles. The van der Waals surface area contributed by atoms with Crippen LogP contribution in [0.5, 0.6) is 0 Å². The summed E-state index contributed by atoms with van der Waals surface area (Å²) in [6, 6.07) is -0.756. The Bertz CT molecular complexity index is 186. The first-order valence-corrected chi connectivity index (χ1v) is 4.87. The number of ether oxygens (including phenoxy) is 1. The quantitative estimate of drug-likeness (QED) is 0.438. The van der Waals surface area contributed by atoms with Crippen molar-refractivity contribution in [3.8, 4) is 0 Å². The Kier molecular flexibility index (Phi) is 3.86. The van der Waals surface area contributed by atoms with Crippen molar-refractivity contribution in [1.82, 2.24) is 0 Å². The van der Waals surface area contributed by atoms with Crippen LogP contribution in [0.15, 0.2) is 0 Å². The second kappa shape index (κ2) is 4.55. The Labute approximate surface area is 83.5 Å². The van der Waals surface area contributed by atoms with Gasteiger partial charge in [0.2, 0.25) is 0 Å². The Balaban J connectivity index is 2.73. The van der Waals surface area contributed by atoms with Gasteiger partial charge in [0, 0.05) is 0 Å². The van der Waals surface area contributed by atoms with Gasteiger partial charge in [0.05, 0.1) is 24.9 Å². The normalized spacial score (nSPS) is 44.4. The van der Waals surface area contributed by atoms with Crippen LogP contribution in [0.25, 0.3) is 0 Å². The number of hydrogen-bond acceptors (Lipinski definition) is 5. The zero-order valence-electron chi connectivity index (χ0n) is 8.50. The Morgan fingerprint density at radius 3 is 2.29 bits per heavy atom. The lowest BCUT2D eigenvalue weighted by molar-refractivity contribution is -0.200. The zero-order chi connectivity index (χ0) is 10.9. The van der Waals surface area contributed by atoms with Crippen molar-refractivity contribution in [2.45, 2.75) is 44.3 Å². The van der Waals surface area contributed by atoms with Crippen LogP contribution in [0.4, 0.5) is 0 Å². The maximum absolute atomic E-state index is 9.70. The highest BCUT2D eigenvalue weighted by Crippen LogP contribution is 2.24. The van der Waals surface area contributed by atoms with Crippen molar-refractivity contribution < 1.29 is 20.1 Å².